The van der Waals surface area contributed by atoms with Crippen molar-refractivity contribution in [3.8, 4) is 0 Å². The molecule has 42 heavy (non-hydrogen) atoms. The lowest BCUT2D eigenvalue weighted by molar-refractivity contribution is -0.139. The Hall–Kier alpha value is -2.78. The van der Waals surface area contributed by atoms with E-state index in [0.29, 0.717) is 26.2 Å². The summed E-state index contributed by atoms with van der Waals surface area (Å²) in [7, 11) is -4.21. The Morgan fingerprint density at radius 1 is 0.952 bits per heavy atom. The normalized spacial score (nSPS) is 14.4. The lowest BCUT2D eigenvalue weighted by Crippen LogP contribution is -2.52. The van der Waals surface area contributed by atoms with E-state index in [1.54, 1.807) is 62.4 Å². The molecule has 0 saturated heterocycles. The molecule has 11 heteroatoms. The third kappa shape index (κ3) is 7.40. The van der Waals surface area contributed by atoms with E-state index < -0.39 is 28.5 Å². The highest BCUT2D eigenvalue weighted by molar-refractivity contribution is 7.92. The van der Waals surface area contributed by atoms with Crippen LogP contribution in [0.25, 0.3) is 0 Å². The number of carbonyl (C=O) groups is 2. The van der Waals surface area contributed by atoms with Gasteiger partial charge in [0.05, 0.1) is 10.6 Å². The van der Waals surface area contributed by atoms with Crippen LogP contribution in [0.4, 0.5) is 5.69 Å². The van der Waals surface area contributed by atoms with Gasteiger partial charge in [-0.05, 0) is 81.1 Å². The lowest BCUT2D eigenvalue weighted by atomic mass is 10.1. The number of benzene rings is 3. The van der Waals surface area contributed by atoms with Gasteiger partial charge >= 0.3 is 0 Å². The van der Waals surface area contributed by atoms with E-state index in [1.165, 1.54) is 17.0 Å². The molecule has 0 aromatic heterocycles. The Morgan fingerprint density at radius 2 is 1.62 bits per heavy atom. The Labute approximate surface area is 262 Å². The molecule has 7 nitrogen and oxygen atoms in total. The second-order valence-electron chi connectivity index (χ2n) is 10.6. The molecule has 2 amide bonds. The van der Waals surface area contributed by atoms with E-state index in [4.69, 9.17) is 34.8 Å². The first-order valence-electron chi connectivity index (χ1n) is 13.8. The van der Waals surface area contributed by atoms with Gasteiger partial charge in [0.2, 0.25) is 11.8 Å². The molecule has 1 fully saturated rings. The van der Waals surface area contributed by atoms with Gasteiger partial charge in [-0.1, -0.05) is 77.5 Å². The van der Waals surface area contributed by atoms with Crippen LogP contribution in [0.5, 0.6) is 0 Å². The maximum atomic E-state index is 14.2. The van der Waals surface area contributed by atoms with Crippen molar-refractivity contribution >= 4 is 62.3 Å². The predicted molar refractivity (Wildman–Crippen MR) is 169 cm³/mol. The zero-order valence-corrected chi connectivity index (χ0v) is 26.8. The molecule has 1 aliphatic rings. The van der Waals surface area contributed by atoms with E-state index in [-0.39, 0.29) is 29.1 Å². The van der Waals surface area contributed by atoms with Crippen LogP contribution < -0.4 is 9.62 Å². The van der Waals surface area contributed by atoms with E-state index >= 15 is 0 Å². The molecule has 3 aromatic carbocycles. The number of hydrogen-bond acceptors (Lipinski definition) is 4. The summed E-state index contributed by atoms with van der Waals surface area (Å²) >= 11 is 18.9. The van der Waals surface area contributed by atoms with Crippen molar-refractivity contribution in [2.75, 3.05) is 10.8 Å². The van der Waals surface area contributed by atoms with Crippen molar-refractivity contribution in [3.63, 3.8) is 0 Å². The Bertz CT molecular complexity index is 1560. The fourth-order valence-corrected chi connectivity index (χ4v) is 7.13. The molecule has 0 heterocycles. The second-order valence-corrected chi connectivity index (χ2v) is 13.7. The smallest absolute Gasteiger partial charge is 0.264 e. The van der Waals surface area contributed by atoms with Crippen LogP contribution in [-0.2, 0) is 26.2 Å². The number of amides is 2. The SMILES string of the molecule is Cc1ccc(S(=O)(=O)N(CC(=O)N(Cc2ccc(Cl)cc2Cl)[C@H](C)C(=O)NC2CCCC2)c2cccc(Cl)c2C)cc1. The number of halogens is 3. The summed E-state index contributed by atoms with van der Waals surface area (Å²) in [4.78, 5) is 28.9. The number of anilines is 1. The van der Waals surface area contributed by atoms with Gasteiger partial charge in [0.25, 0.3) is 10.0 Å². The minimum absolute atomic E-state index is 0.0267. The number of hydrogen-bond donors (Lipinski definition) is 1. The van der Waals surface area contributed by atoms with Crippen molar-refractivity contribution in [1.29, 1.82) is 0 Å². The predicted octanol–water partition coefficient (Wildman–Crippen LogP) is 6.94. The molecular weight excluding hydrogens is 617 g/mol. The zero-order chi connectivity index (χ0) is 30.6. The van der Waals surface area contributed by atoms with Gasteiger partial charge in [-0.25, -0.2) is 8.42 Å². The monoisotopic (exact) mass is 649 g/mol. The fourth-order valence-electron chi connectivity index (χ4n) is 5.03. The fraction of sp³-hybridized carbons (Fsp3) is 0.355. The van der Waals surface area contributed by atoms with Gasteiger partial charge in [-0.2, -0.15) is 0 Å². The van der Waals surface area contributed by atoms with E-state index in [0.717, 1.165) is 35.6 Å². The molecule has 0 aliphatic heterocycles. The average Bonchev–Trinajstić information content (AvgIpc) is 3.46. The standard InChI is InChI=1S/C31H34Cl3N3O4S/c1-20-11-15-26(16-12-20)42(40,41)37(29-10-6-9-27(33)21(29)2)19-30(38)36(18-23-13-14-24(32)17-28(23)34)22(3)31(39)35-25-7-4-5-8-25/h6,9-17,22,25H,4-5,7-8,18-19H2,1-3H3,(H,35,39)/t22-/m1/s1. The summed E-state index contributed by atoms with van der Waals surface area (Å²) in [5, 5.41) is 4.17. The molecule has 1 aliphatic carbocycles. The highest BCUT2D eigenvalue weighted by Gasteiger charge is 2.34. The largest absolute Gasteiger partial charge is 0.352 e. The number of rotatable bonds is 10. The Morgan fingerprint density at radius 3 is 2.26 bits per heavy atom. The number of aryl methyl sites for hydroxylation is 1. The summed E-state index contributed by atoms with van der Waals surface area (Å²) < 4.78 is 29.1. The minimum atomic E-state index is -4.21. The molecule has 0 bridgehead atoms. The topological polar surface area (TPSA) is 86.8 Å². The summed E-state index contributed by atoms with van der Waals surface area (Å²) in [5.41, 5.74) is 2.23. The maximum Gasteiger partial charge on any atom is 0.264 e. The molecule has 224 valence electrons. The zero-order valence-electron chi connectivity index (χ0n) is 23.7. The van der Waals surface area contributed by atoms with Crippen LogP contribution in [0.1, 0.15) is 49.3 Å². The van der Waals surface area contributed by atoms with Crippen molar-refractivity contribution in [3.05, 3.63) is 92.4 Å². The van der Waals surface area contributed by atoms with Gasteiger partial charge in [0, 0.05) is 27.7 Å². The van der Waals surface area contributed by atoms with Gasteiger partial charge < -0.3 is 10.2 Å². The van der Waals surface area contributed by atoms with Crippen molar-refractivity contribution in [1.82, 2.24) is 10.2 Å². The van der Waals surface area contributed by atoms with Crippen LogP contribution in [0.2, 0.25) is 15.1 Å². The van der Waals surface area contributed by atoms with Crippen LogP contribution >= 0.6 is 34.8 Å². The highest BCUT2D eigenvalue weighted by Crippen LogP contribution is 2.32. The minimum Gasteiger partial charge on any atom is -0.352 e. The molecule has 1 N–H and O–H groups in total. The summed E-state index contributed by atoms with van der Waals surface area (Å²) in [5.74, 6) is -0.891. The molecule has 0 spiro atoms. The number of sulfonamides is 1. The van der Waals surface area contributed by atoms with Crippen LogP contribution in [0.3, 0.4) is 0 Å². The van der Waals surface area contributed by atoms with Gasteiger partial charge in [0.1, 0.15) is 12.6 Å². The van der Waals surface area contributed by atoms with Gasteiger partial charge in [-0.3, -0.25) is 13.9 Å². The highest BCUT2D eigenvalue weighted by atomic mass is 35.5. The van der Waals surface area contributed by atoms with E-state index in [1.807, 2.05) is 6.92 Å². The van der Waals surface area contributed by atoms with E-state index in [2.05, 4.69) is 5.32 Å². The number of nitrogens with one attached hydrogen (secondary N) is 1. The third-order valence-corrected chi connectivity index (χ3v) is 10.4. The van der Waals surface area contributed by atoms with Crippen LogP contribution in [-0.4, -0.2) is 43.8 Å². The molecule has 1 atom stereocenters. The van der Waals surface area contributed by atoms with Crippen LogP contribution in [0, 0.1) is 13.8 Å². The second kappa shape index (κ2) is 13.7. The maximum absolute atomic E-state index is 14.2. The first-order valence-corrected chi connectivity index (χ1v) is 16.3. The number of nitrogens with zero attached hydrogens (tertiary/aromatic N) is 2. The lowest BCUT2D eigenvalue weighted by Gasteiger charge is -2.33. The molecule has 3 aromatic rings. The van der Waals surface area contributed by atoms with Crippen molar-refractivity contribution in [2.24, 2.45) is 0 Å². The summed E-state index contributed by atoms with van der Waals surface area (Å²) in [6.07, 6.45) is 3.83. The first-order chi connectivity index (χ1) is 19.9. The van der Waals surface area contributed by atoms with Crippen molar-refractivity contribution < 1.29 is 18.0 Å². The Balaban J connectivity index is 1.74. The summed E-state index contributed by atoms with van der Waals surface area (Å²) in [6.45, 7) is 4.60. The van der Waals surface area contributed by atoms with Crippen molar-refractivity contribution in [2.45, 2.75) is 70.0 Å². The van der Waals surface area contributed by atoms with Crippen LogP contribution in [0.15, 0.2) is 65.6 Å². The summed E-state index contributed by atoms with van der Waals surface area (Å²) in [6, 6.07) is 15.3. The molecule has 0 unspecified atom stereocenters. The Kier molecular flexibility index (Phi) is 10.5. The first kappa shape index (κ1) is 32.1. The van der Waals surface area contributed by atoms with Gasteiger partial charge in [0.15, 0.2) is 0 Å². The molecule has 4 rings (SSSR count). The molecule has 1 saturated carbocycles. The quantitative estimate of drug-likeness (QED) is 0.258. The average molecular weight is 651 g/mol. The molecular formula is C31H34Cl3N3O4S. The van der Waals surface area contributed by atoms with Gasteiger partial charge in [-0.15, -0.1) is 0 Å². The third-order valence-electron chi connectivity index (χ3n) is 7.62. The van der Waals surface area contributed by atoms with E-state index in [9.17, 15) is 18.0 Å². The molecule has 0 radical (unpaired) electrons. The number of carbonyl (C=O) groups excluding carboxylic acids is 2.